The average molecular weight is 299 g/mol. The second kappa shape index (κ2) is 5.67. The van der Waals surface area contributed by atoms with Crippen LogP contribution in [0, 0.1) is 0 Å². The fourth-order valence-corrected chi connectivity index (χ4v) is 2.76. The van der Waals surface area contributed by atoms with Crippen molar-refractivity contribution in [1.82, 2.24) is 0 Å². The first-order valence-corrected chi connectivity index (χ1v) is 7.23. The number of furan rings is 1. The standard InChI is InChI=1S/C17H17NO4/c1-11-10-13-6-3-4-7-14(13)18(11)16(19)12(2)22-17(20)15-8-5-9-21-15/h3-9,11-12H,10H2,1-2H3. The van der Waals surface area contributed by atoms with Gasteiger partial charge in [0.05, 0.1) is 6.26 Å². The zero-order valence-corrected chi connectivity index (χ0v) is 12.5. The van der Waals surface area contributed by atoms with Crippen LogP contribution in [0.1, 0.15) is 30.0 Å². The molecule has 0 N–H and O–H groups in total. The first-order valence-electron chi connectivity index (χ1n) is 7.23. The van der Waals surface area contributed by atoms with Gasteiger partial charge in [-0.15, -0.1) is 0 Å². The molecule has 0 radical (unpaired) electrons. The molecule has 0 spiro atoms. The lowest BCUT2D eigenvalue weighted by Crippen LogP contribution is -2.43. The maximum Gasteiger partial charge on any atom is 0.374 e. The Kier molecular flexibility index (Phi) is 3.71. The summed E-state index contributed by atoms with van der Waals surface area (Å²) in [5, 5.41) is 0. The molecule has 0 aliphatic carbocycles. The molecule has 1 amide bonds. The normalized spacial score (nSPS) is 17.9. The van der Waals surface area contributed by atoms with Crippen molar-refractivity contribution in [3.63, 3.8) is 0 Å². The molecule has 0 saturated heterocycles. The maximum atomic E-state index is 12.6. The van der Waals surface area contributed by atoms with Crippen LogP contribution in [-0.4, -0.2) is 24.0 Å². The summed E-state index contributed by atoms with van der Waals surface area (Å²) in [5.74, 6) is -0.766. The molecule has 5 nitrogen and oxygen atoms in total. The molecule has 1 aliphatic rings. The fraction of sp³-hybridized carbons (Fsp3) is 0.294. The van der Waals surface area contributed by atoms with Gasteiger partial charge in [0.1, 0.15) is 0 Å². The fourth-order valence-electron chi connectivity index (χ4n) is 2.76. The monoisotopic (exact) mass is 299 g/mol. The molecular formula is C17H17NO4. The van der Waals surface area contributed by atoms with E-state index in [2.05, 4.69) is 0 Å². The highest BCUT2D eigenvalue weighted by Gasteiger charge is 2.34. The molecular weight excluding hydrogens is 282 g/mol. The van der Waals surface area contributed by atoms with E-state index >= 15 is 0 Å². The van der Waals surface area contributed by atoms with Gasteiger partial charge in [-0.2, -0.15) is 0 Å². The number of fused-ring (bicyclic) bond motifs is 1. The number of esters is 1. The number of hydrogen-bond acceptors (Lipinski definition) is 4. The number of amides is 1. The number of nitrogens with zero attached hydrogens (tertiary/aromatic N) is 1. The van der Waals surface area contributed by atoms with E-state index in [1.54, 1.807) is 17.9 Å². The smallest absolute Gasteiger partial charge is 0.374 e. The second-order valence-corrected chi connectivity index (χ2v) is 5.41. The van der Waals surface area contributed by atoms with Gasteiger partial charge in [0.25, 0.3) is 5.91 Å². The Labute approximate surface area is 128 Å². The van der Waals surface area contributed by atoms with Gasteiger partial charge >= 0.3 is 5.97 Å². The van der Waals surface area contributed by atoms with E-state index in [9.17, 15) is 9.59 Å². The number of carbonyl (C=O) groups is 2. The van der Waals surface area contributed by atoms with E-state index in [0.717, 1.165) is 17.7 Å². The van der Waals surface area contributed by atoms with Gasteiger partial charge in [0.15, 0.2) is 6.10 Å². The largest absolute Gasteiger partial charge is 0.457 e. The molecule has 1 aromatic carbocycles. The van der Waals surface area contributed by atoms with Crippen LogP contribution in [-0.2, 0) is 16.0 Å². The maximum absolute atomic E-state index is 12.6. The molecule has 0 bridgehead atoms. The topological polar surface area (TPSA) is 59.8 Å². The zero-order chi connectivity index (χ0) is 15.7. The summed E-state index contributed by atoms with van der Waals surface area (Å²) in [4.78, 5) is 26.2. The van der Waals surface area contributed by atoms with Gasteiger partial charge in [-0.1, -0.05) is 18.2 Å². The SMILES string of the molecule is CC(OC(=O)c1ccco1)C(=O)N1c2ccccc2CC1C. The van der Waals surface area contributed by atoms with E-state index in [1.165, 1.54) is 12.3 Å². The third-order valence-corrected chi connectivity index (χ3v) is 3.80. The van der Waals surface area contributed by atoms with Crippen molar-refractivity contribution in [2.75, 3.05) is 4.90 Å². The number of anilines is 1. The highest BCUT2D eigenvalue weighted by Crippen LogP contribution is 2.32. The first-order chi connectivity index (χ1) is 10.6. The third-order valence-electron chi connectivity index (χ3n) is 3.80. The molecule has 0 saturated carbocycles. The van der Waals surface area contributed by atoms with E-state index in [0.29, 0.717) is 0 Å². The van der Waals surface area contributed by atoms with Gasteiger partial charge in [-0.3, -0.25) is 4.79 Å². The molecule has 0 fully saturated rings. The van der Waals surface area contributed by atoms with Gasteiger partial charge < -0.3 is 14.1 Å². The van der Waals surface area contributed by atoms with Crippen LogP contribution < -0.4 is 4.90 Å². The predicted molar refractivity (Wildman–Crippen MR) is 80.7 cm³/mol. The van der Waals surface area contributed by atoms with Gasteiger partial charge in [-0.05, 0) is 44.0 Å². The lowest BCUT2D eigenvalue weighted by Gasteiger charge is -2.25. The Morgan fingerprint density at radius 1 is 1.27 bits per heavy atom. The lowest BCUT2D eigenvalue weighted by atomic mass is 10.1. The van der Waals surface area contributed by atoms with Crippen LogP contribution in [0.2, 0.25) is 0 Å². The minimum absolute atomic E-state index is 0.0506. The molecule has 5 heteroatoms. The summed E-state index contributed by atoms with van der Waals surface area (Å²) < 4.78 is 10.2. The zero-order valence-electron chi connectivity index (χ0n) is 12.5. The van der Waals surface area contributed by atoms with Crippen LogP contribution in [0.5, 0.6) is 0 Å². The minimum atomic E-state index is -0.869. The number of benzene rings is 1. The summed E-state index contributed by atoms with van der Waals surface area (Å²) in [5.41, 5.74) is 2.02. The van der Waals surface area contributed by atoms with Crippen LogP contribution in [0.3, 0.4) is 0 Å². The summed E-state index contributed by atoms with van der Waals surface area (Å²) in [6.07, 6.45) is 1.33. The number of rotatable bonds is 3. The number of hydrogen-bond donors (Lipinski definition) is 0. The Morgan fingerprint density at radius 2 is 2.05 bits per heavy atom. The molecule has 1 aromatic heterocycles. The molecule has 2 unspecified atom stereocenters. The van der Waals surface area contributed by atoms with Crippen LogP contribution in [0.15, 0.2) is 47.1 Å². The number of para-hydroxylation sites is 1. The van der Waals surface area contributed by atoms with Crippen molar-refractivity contribution in [3.05, 3.63) is 54.0 Å². The summed E-state index contributed by atoms with van der Waals surface area (Å²) >= 11 is 0. The van der Waals surface area contributed by atoms with Gasteiger partial charge in [0, 0.05) is 11.7 Å². The van der Waals surface area contributed by atoms with Crippen LogP contribution in [0.4, 0.5) is 5.69 Å². The highest BCUT2D eigenvalue weighted by atomic mass is 16.6. The van der Waals surface area contributed by atoms with E-state index in [-0.39, 0.29) is 17.7 Å². The Morgan fingerprint density at radius 3 is 2.77 bits per heavy atom. The van der Waals surface area contributed by atoms with Crippen molar-refractivity contribution >= 4 is 17.6 Å². The first kappa shape index (κ1) is 14.4. The minimum Gasteiger partial charge on any atom is -0.457 e. The van der Waals surface area contributed by atoms with Gasteiger partial charge in [-0.25, -0.2) is 4.79 Å². The molecule has 2 aromatic rings. The molecule has 2 heterocycles. The molecule has 114 valence electrons. The Bertz CT molecular complexity index is 692. The predicted octanol–water partition coefficient (Wildman–Crippen LogP) is 2.80. The molecule has 2 atom stereocenters. The summed E-state index contributed by atoms with van der Waals surface area (Å²) in [6.45, 7) is 3.57. The van der Waals surface area contributed by atoms with Crippen molar-refractivity contribution in [3.8, 4) is 0 Å². The lowest BCUT2D eigenvalue weighted by molar-refractivity contribution is -0.126. The van der Waals surface area contributed by atoms with Crippen LogP contribution in [0.25, 0.3) is 0 Å². The molecule has 1 aliphatic heterocycles. The van der Waals surface area contributed by atoms with Gasteiger partial charge in [0.2, 0.25) is 5.76 Å². The number of ether oxygens (including phenoxy) is 1. The van der Waals surface area contributed by atoms with E-state index in [4.69, 9.17) is 9.15 Å². The quantitative estimate of drug-likeness (QED) is 0.818. The van der Waals surface area contributed by atoms with E-state index < -0.39 is 12.1 Å². The molecule has 3 rings (SSSR count). The Hall–Kier alpha value is -2.56. The Balaban J connectivity index is 1.75. The average Bonchev–Trinajstić information content (AvgIpc) is 3.13. The van der Waals surface area contributed by atoms with Crippen molar-refractivity contribution in [2.24, 2.45) is 0 Å². The number of carbonyl (C=O) groups excluding carboxylic acids is 2. The second-order valence-electron chi connectivity index (χ2n) is 5.41. The van der Waals surface area contributed by atoms with Crippen LogP contribution >= 0.6 is 0 Å². The van der Waals surface area contributed by atoms with Crippen molar-refractivity contribution in [1.29, 1.82) is 0 Å². The van der Waals surface area contributed by atoms with Crippen molar-refractivity contribution < 1.29 is 18.7 Å². The van der Waals surface area contributed by atoms with E-state index in [1.807, 2.05) is 31.2 Å². The molecule has 22 heavy (non-hydrogen) atoms. The third kappa shape index (κ3) is 2.50. The summed E-state index contributed by atoms with van der Waals surface area (Å²) in [7, 11) is 0. The van der Waals surface area contributed by atoms with Crippen molar-refractivity contribution in [2.45, 2.75) is 32.4 Å². The highest BCUT2D eigenvalue weighted by molar-refractivity contribution is 6.00. The summed E-state index contributed by atoms with van der Waals surface area (Å²) in [6, 6.07) is 10.9.